The normalized spacial score (nSPS) is 10.3. The van der Waals surface area contributed by atoms with Gasteiger partial charge in [-0.25, -0.2) is 4.79 Å². The first-order valence-electron chi connectivity index (χ1n) is 10.6. The van der Waals surface area contributed by atoms with Crippen molar-refractivity contribution >= 4 is 35.0 Å². The molecule has 0 aliphatic heterocycles. The number of nitrogens with one attached hydrogen (secondary N) is 3. The molecule has 34 heavy (non-hydrogen) atoms. The Hall–Kier alpha value is -4.40. The predicted octanol–water partition coefficient (Wildman–Crippen LogP) is 4.24. The van der Waals surface area contributed by atoms with Crippen LogP contribution in [0.3, 0.4) is 0 Å². The molecule has 0 saturated carbocycles. The van der Waals surface area contributed by atoms with Gasteiger partial charge in [0, 0.05) is 17.8 Å². The Morgan fingerprint density at radius 1 is 0.971 bits per heavy atom. The minimum Gasteiger partial charge on any atom is -0.495 e. The van der Waals surface area contributed by atoms with Crippen molar-refractivity contribution in [3.05, 3.63) is 77.6 Å². The lowest BCUT2D eigenvalue weighted by atomic mass is 10.1. The number of urea groups is 1. The number of carboxylic acids is 1. The Kier molecular flexibility index (Phi) is 8.17. The predicted molar refractivity (Wildman–Crippen MR) is 129 cm³/mol. The molecule has 0 aliphatic rings. The molecule has 9 heteroatoms. The van der Waals surface area contributed by atoms with E-state index in [1.807, 2.05) is 31.2 Å². The summed E-state index contributed by atoms with van der Waals surface area (Å²) in [4.78, 5) is 39.6. The van der Waals surface area contributed by atoms with E-state index in [1.165, 1.54) is 13.3 Å². The molecule has 0 radical (unpaired) electrons. The van der Waals surface area contributed by atoms with E-state index in [9.17, 15) is 14.4 Å². The van der Waals surface area contributed by atoms with E-state index in [0.717, 1.165) is 5.56 Å². The molecular formula is C25H26N4O5. The molecule has 1 heterocycles. The minimum absolute atomic E-state index is 0.00104. The molecule has 1 aromatic heterocycles. The van der Waals surface area contributed by atoms with Gasteiger partial charge in [-0.1, -0.05) is 24.3 Å². The zero-order valence-corrected chi connectivity index (χ0v) is 18.9. The van der Waals surface area contributed by atoms with Gasteiger partial charge in [0.05, 0.1) is 37.5 Å². The number of pyridine rings is 1. The first-order valence-corrected chi connectivity index (χ1v) is 10.6. The highest BCUT2D eigenvalue weighted by atomic mass is 16.5. The van der Waals surface area contributed by atoms with Crippen LogP contribution < -0.4 is 20.7 Å². The minimum atomic E-state index is -0.886. The lowest BCUT2D eigenvalue weighted by Crippen LogP contribution is -2.20. The number of aromatic nitrogens is 1. The van der Waals surface area contributed by atoms with Crippen LogP contribution in [-0.4, -0.2) is 35.1 Å². The number of nitrogens with zero attached hydrogens (tertiary/aromatic N) is 1. The number of aliphatic carboxylic acids is 1. The van der Waals surface area contributed by atoms with Crippen LogP contribution in [0, 0.1) is 6.92 Å². The average molecular weight is 463 g/mol. The monoisotopic (exact) mass is 462 g/mol. The number of amides is 3. The molecule has 0 aliphatic carbocycles. The SMILES string of the molecule is COc1cc(CC(=O)Nc2ccc(CCC(=O)O)nc2)ccc1NC(=O)Nc1ccccc1C. The van der Waals surface area contributed by atoms with Crippen LogP contribution in [0.25, 0.3) is 0 Å². The molecule has 0 bridgehead atoms. The highest BCUT2D eigenvalue weighted by molar-refractivity contribution is 6.01. The summed E-state index contributed by atoms with van der Waals surface area (Å²) in [6.45, 7) is 1.90. The van der Waals surface area contributed by atoms with Gasteiger partial charge in [0.25, 0.3) is 0 Å². The number of hydrogen-bond acceptors (Lipinski definition) is 5. The number of aryl methyl sites for hydroxylation is 2. The summed E-state index contributed by atoms with van der Waals surface area (Å²) < 4.78 is 5.39. The van der Waals surface area contributed by atoms with Gasteiger partial charge < -0.3 is 25.8 Å². The molecule has 0 unspecified atom stereocenters. The van der Waals surface area contributed by atoms with Crippen LogP contribution >= 0.6 is 0 Å². The van der Waals surface area contributed by atoms with Crippen molar-refractivity contribution in [1.82, 2.24) is 4.98 Å². The fourth-order valence-corrected chi connectivity index (χ4v) is 3.21. The second-order valence-electron chi connectivity index (χ2n) is 7.59. The molecule has 0 atom stereocenters. The maximum absolute atomic E-state index is 12.4. The highest BCUT2D eigenvalue weighted by Crippen LogP contribution is 2.26. The summed E-state index contributed by atoms with van der Waals surface area (Å²) in [6.07, 6.45) is 1.91. The van der Waals surface area contributed by atoms with E-state index in [1.54, 1.807) is 30.3 Å². The first-order chi connectivity index (χ1) is 16.3. The zero-order valence-electron chi connectivity index (χ0n) is 18.9. The summed E-state index contributed by atoms with van der Waals surface area (Å²) in [7, 11) is 1.49. The largest absolute Gasteiger partial charge is 0.495 e. The van der Waals surface area contributed by atoms with E-state index in [-0.39, 0.29) is 18.7 Å². The maximum Gasteiger partial charge on any atom is 0.323 e. The molecule has 2 aromatic carbocycles. The summed E-state index contributed by atoms with van der Waals surface area (Å²) in [6, 6.07) is 15.5. The molecule has 3 rings (SSSR count). The van der Waals surface area contributed by atoms with E-state index < -0.39 is 12.0 Å². The third-order valence-electron chi connectivity index (χ3n) is 4.98. The molecule has 176 valence electrons. The molecular weight excluding hydrogens is 436 g/mol. The molecule has 0 saturated heterocycles. The van der Waals surface area contributed by atoms with Gasteiger partial charge >= 0.3 is 12.0 Å². The van der Waals surface area contributed by atoms with Gasteiger partial charge in [-0.15, -0.1) is 0 Å². The number of anilines is 3. The molecule has 0 spiro atoms. The summed E-state index contributed by atoms with van der Waals surface area (Å²) in [5, 5.41) is 17.1. The van der Waals surface area contributed by atoms with Crippen molar-refractivity contribution < 1.29 is 24.2 Å². The van der Waals surface area contributed by atoms with Crippen LogP contribution in [0.5, 0.6) is 5.75 Å². The van der Waals surface area contributed by atoms with Gasteiger partial charge in [0.2, 0.25) is 5.91 Å². The van der Waals surface area contributed by atoms with Gasteiger partial charge in [0.1, 0.15) is 5.75 Å². The van der Waals surface area contributed by atoms with E-state index in [4.69, 9.17) is 9.84 Å². The quantitative estimate of drug-likeness (QED) is 0.376. The number of methoxy groups -OCH3 is 1. The third-order valence-corrected chi connectivity index (χ3v) is 4.98. The van der Waals surface area contributed by atoms with Crippen LogP contribution in [0.15, 0.2) is 60.8 Å². The number of ether oxygens (including phenoxy) is 1. The first kappa shape index (κ1) is 24.2. The fraction of sp³-hybridized carbons (Fsp3) is 0.200. The number of carboxylic acid groups (broad SMARTS) is 1. The van der Waals surface area contributed by atoms with Crippen molar-refractivity contribution in [1.29, 1.82) is 0 Å². The summed E-state index contributed by atoms with van der Waals surface area (Å²) in [5.41, 5.74) is 3.97. The van der Waals surface area contributed by atoms with Crippen molar-refractivity contribution in [3.63, 3.8) is 0 Å². The number of rotatable bonds is 9. The molecule has 0 fully saturated rings. The van der Waals surface area contributed by atoms with Gasteiger partial charge in [0.15, 0.2) is 0 Å². The number of carbonyl (C=O) groups excluding carboxylic acids is 2. The van der Waals surface area contributed by atoms with Gasteiger partial charge in [-0.05, 0) is 48.4 Å². The van der Waals surface area contributed by atoms with E-state index in [0.29, 0.717) is 40.5 Å². The standard InChI is InChI=1S/C25H26N4O5/c1-16-5-3-4-6-20(16)28-25(33)29-21-11-7-17(13-22(21)34-2)14-23(30)27-19-9-8-18(26-15-19)10-12-24(31)32/h3-9,11,13,15H,10,12,14H2,1-2H3,(H,27,30)(H,31,32)(H2,28,29,33). The van der Waals surface area contributed by atoms with Crippen LogP contribution in [0.4, 0.5) is 21.9 Å². The van der Waals surface area contributed by atoms with E-state index in [2.05, 4.69) is 20.9 Å². The highest BCUT2D eigenvalue weighted by Gasteiger charge is 2.12. The van der Waals surface area contributed by atoms with Gasteiger partial charge in [-0.3, -0.25) is 14.6 Å². The zero-order chi connectivity index (χ0) is 24.5. The Balaban J connectivity index is 1.58. The molecule has 4 N–H and O–H groups in total. The number of para-hydroxylation sites is 1. The lowest BCUT2D eigenvalue weighted by molar-refractivity contribution is -0.137. The van der Waals surface area contributed by atoms with Crippen LogP contribution in [0.1, 0.15) is 23.2 Å². The number of benzene rings is 2. The van der Waals surface area contributed by atoms with E-state index >= 15 is 0 Å². The molecule has 9 nitrogen and oxygen atoms in total. The Morgan fingerprint density at radius 2 is 1.74 bits per heavy atom. The average Bonchev–Trinajstić information content (AvgIpc) is 2.81. The third kappa shape index (κ3) is 7.06. The molecule has 3 aromatic rings. The molecule has 3 amide bonds. The summed E-state index contributed by atoms with van der Waals surface area (Å²) in [5.74, 6) is -0.711. The maximum atomic E-state index is 12.4. The van der Waals surface area contributed by atoms with Crippen molar-refractivity contribution in [3.8, 4) is 5.75 Å². The lowest BCUT2D eigenvalue weighted by Gasteiger charge is -2.14. The number of carbonyl (C=O) groups is 3. The second kappa shape index (κ2) is 11.5. The Bertz CT molecular complexity index is 1180. The summed E-state index contributed by atoms with van der Waals surface area (Å²) >= 11 is 0. The topological polar surface area (TPSA) is 130 Å². The number of hydrogen-bond donors (Lipinski definition) is 4. The van der Waals surface area contributed by atoms with Crippen LogP contribution in [-0.2, 0) is 22.4 Å². The fourth-order valence-electron chi connectivity index (χ4n) is 3.21. The van der Waals surface area contributed by atoms with Crippen molar-refractivity contribution in [2.24, 2.45) is 0 Å². The smallest absolute Gasteiger partial charge is 0.323 e. The van der Waals surface area contributed by atoms with Crippen molar-refractivity contribution in [2.75, 3.05) is 23.1 Å². The van der Waals surface area contributed by atoms with Crippen LogP contribution in [0.2, 0.25) is 0 Å². The van der Waals surface area contributed by atoms with Crippen molar-refractivity contribution in [2.45, 2.75) is 26.2 Å². The second-order valence-corrected chi connectivity index (χ2v) is 7.59. The Morgan fingerprint density at radius 3 is 2.41 bits per heavy atom. The van der Waals surface area contributed by atoms with Gasteiger partial charge in [-0.2, -0.15) is 0 Å². The Labute approximate surface area is 197 Å².